The summed E-state index contributed by atoms with van der Waals surface area (Å²) in [5.74, 6) is 0.0955. The number of aromatic nitrogens is 2. The summed E-state index contributed by atoms with van der Waals surface area (Å²) in [7, 11) is 0. The van der Waals surface area contributed by atoms with Gasteiger partial charge in [0.1, 0.15) is 0 Å². The van der Waals surface area contributed by atoms with Crippen LogP contribution in [0.4, 0.5) is 0 Å². The minimum atomic E-state index is -0.264. The zero-order chi connectivity index (χ0) is 16.8. The molecule has 1 aromatic carbocycles. The highest BCUT2D eigenvalue weighted by atomic mass is 16.3. The minimum absolute atomic E-state index is 0.217. The number of hydrogen-bond donors (Lipinski definition) is 0. The van der Waals surface area contributed by atoms with Gasteiger partial charge in [-0.3, -0.25) is 14.5 Å². The summed E-state index contributed by atoms with van der Waals surface area (Å²) in [4.78, 5) is 34.7. The van der Waals surface area contributed by atoms with Crippen LogP contribution in [0.2, 0.25) is 0 Å². The average molecular weight is 321 g/mol. The van der Waals surface area contributed by atoms with Gasteiger partial charge in [0.25, 0.3) is 11.8 Å². The number of hydrogen-bond acceptors (Lipinski definition) is 5. The Morgan fingerprint density at radius 1 is 1.12 bits per heavy atom. The number of amides is 2. The third-order valence-corrected chi connectivity index (χ3v) is 3.93. The molecule has 0 bridgehead atoms. The first-order chi connectivity index (χ1) is 11.5. The monoisotopic (exact) mass is 321 g/mol. The van der Waals surface area contributed by atoms with Crippen molar-refractivity contribution in [2.45, 2.75) is 13.8 Å². The molecule has 0 fully saturated rings. The second-order valence-corrected chi connectivity index (χ2v) is 6.22. The molecule has 0 unspecified atom stereocenters. The first-order valence-electron chi connectivity index (χ1n) is 7.77. The van der Waals surface area contributed by atoms with E-state index in [0.29, 0.717) is 40.4 Å². The number of nitrogens with zero attached hydrogens (tertiary/aromatic N) is 3. The Labute approximate surface area is 138 Å². The van der Waals surface area contributed by atoms with Gasteiger partial charge in [0, 0.05) is 18.3 Å². The Balaban J connectivity index is 1.76. The Kier molecular flexibility index (Phi) is 3.19. The predicted octanol–water partition coefficient (Wildman–Crippen LogP) is 3.14. The van der Waals surface area contributed by atoms with Crippen molar-refractivity contribution >= 4 is 23.0 Å². The van der Waals surface area contributed by atoms with Crippen LogP contribution in [0, 0.1) is 5.92 Å². The maximum atomic E-state index is 12.5. The van der Waals surface area contributed by atoms with Crippen LogP contribution in [0.5, 0.6) is 0 Å². The lowest BCUT2D eigenvalue weighted by molar-refractivity contribution is 0.0636. The fraction of sp³-hybridized carbons (Fsp3) is 0.222. The quantitative estimate of drug-likeness (QED) is 0.693. The lowest BCUT2D eigenvalue weighted by atomic mass is 10.1. The first-order valence-corrected chi connectivity index (χ1v) is 7.77. The normalized spacial score (nSPS) is 14.0. The van der Waals surface area contributed by atoms with E-state index in [4.69, 9.17) is 4.42 Å². The average Bonchev–Trinajstić information content (AvgIpc) is 3.10. The van der Waals surface area contributed by atoms with E-state index < -0.39 is 0 Å². The van der Waals surface area contributed by atoms with Gasteiger partial charge in [-0.05, 0) is 36.2 Å². The molecule has 0 N–H and O–H groups in total. The Hall–Kier alpha value is -3.02. The Morgan fingerprint density at radius 2 is 1.92 bits per heavy atom. The summed E-state index contributed by atoms with van der Waals surface area (Å²) in [6, 6.07) is 8.62. The molecule has 24 heavy (non-hydrogen) atoms. The van der Waals surface area contributed by atoms with Crippen LogP contribution in [-0.2, 0) is 0 Å². The highest BCUT2D eigenvalue weighted by Crippen LogP contribution is 2.30. The molecule has 0 radical (unpaired) electrons. The maximum Gasteiger partial charge on any atom is 0.261 e. The van der Waals surface area contributed by atoms with E-state index in [1.54, 1.807) is 36.5 Å². The fourth-order valence-corrected chi connectivity index (χ4v) is 2.85. The lowest BCUT2D eigenvalue weighted by Gasteiger charge is -2.15. The smallest absolute Gasteiger partial charge is 0.261 e. The van der Waals surface area contributed by atoms with E-state index in [9.17, 15) is 9.59 Å². The molecule has 6 nitrogen and oxygen atoms in total. The molecule has 3 heterocycles. The van der Waals surface area contributed by atoms with E-state index in [1.165, 1.54) is 4.90 Å². The van der Waals surface area contributed by atoms with Gasteiger partial charge < -0.3 is 4.42 Å². The molecule has 0 spiro atoms. The number of rotatable bonds is 3. The molecule has 0 atom stereocenters. The SMILES string of the molecule is CC(C)CN1C(=O)c2ccc(-c3nc4ncccc4o3)cc2C1=O. The largest absolute Gasteiger partial charge is 0.434 e. The summed E-state index contributed by atoms with van der Waals surface area (Å²) in [6.07, 6.45) is 1.64. The predicted molar refractivity (Wildman–Crippen MR) is 87.4 cm³/mol. The van der Waals surface area contributed by atoms with Crippen LogP contribution in [0.15, 0.2) is 40.9 Å². The van der Waals surface area contributed by atoms with Crippen LogP contribution in [0.3, 0.4) is 0 Å². The number of pyridine rings is 1. The van der Waals surface area contributed by atoms with Gasteiger partial charge in [-0.25, -0.2) is 4.98 Å². The van der Waals surface area contributed by atoms with Crippen molar-refractivity contribution in [3.63, 3.8) is 0 Å². The highest BCUT2D eigenvalue weighted by molar-refractivity contribution is 6.21. The van der Waals surface area contributed by atoms with Crippen molar-refractivity contribution < 1.29 is 14.0 Å². The molecule has 1 aliphatic heterocycles. The second kappa shape index (κ2) is 5.26. The molecular formula is C18H15N3O3. The van der Waals surface area contributed by atoms with Crippen LogP contribution < -0.4 is 0 Å². The molecule has 3 aromatic rings. The van der Waals surface area contributed by atoms with E-state index in [2.05, 4.69) is 9.97 Å². The second-order valence-electron chi connectivity index (χ2n) is 6.22. The van der Waals surface area contributed by atoms with Crippen LogP contribution >= 0.6 is 0 Å². The number of fused-ring (bicyclic) bond motifs is 2. The molecule has 2 amide bonds. The summed E-state index contributed by atoms with van der Waals surface area (Å²) < 4.78 is 5.68. The number of benzene rings is 1. The summed E-state index contributed by atoms with van der Waals surface area (Å²) in [5.41, 5.74) is 2.57. The Bertz CT molecular complexity index is 942. The van der Waals surface area contributed by atoms with Crippen molar-refractivity contribution in [1.82, 2.24) is 14.9 Å². The van der Waals surface area contributed by atoms with E-state index in [0.717, 1.165) is 0 Å². The molecule has 2 aromatic heterocycles. The number of imide groups is 1. The van der Waals surface area contributed by atoms with Gasteiger partial charge in [0.2, 0.25) is 5.89 Å². The summed E-state index contributed by atoms with van der Waals surface area (Å²) in [5, 5.41) is 0. The fourth-order valence-electron chi connectivity index (χ4n) is 2.85. The van der Waals surface area contributed by atoms with Crippen LogP contribution in [0.1, 0.15) is 34.6 Å². The Morgan fingerprint density at radius 3 is 2.67 bits per heavy atom. The van der Waals surface area contributed by atoms with Gasteiger partial charge in [0.15, 0.2) is 11.2 Å². The number of carbonyl (C=O) groups is 2. The van der Waals surface area contributed by atoms with Gasteiger partial charge in [-0.15, -0.1) is 0 Å². The molecule has 0 saturated heterocycles. The minimum Gasteiger partial charge on any atom is -0.434 e. The molecule has 1 aliphatic rings. The first kappa shape index (κ1) is 14.6. The zero-order valence-corrected chi connectivity index (χ0v) is 13.3. The topological polar surface area (TPSA) is 76.3 Å². The molecule has 0 saturated carbocycles. The lowest BCUT2D eigenvalue weighted by Crippen LogP contribution is -2.33. The van der Waals surface area contributed by atoms with Gasteiger partial charge in [0.05, 0.1) is 11.1 Å². The molecule has 6 heteroatoms. The van der Waals surface area contributed by atoms with E-state index >= 15 is 0 Å². The van der Waals surface area contributed by atoms with E-state index in [-0.39, 0.29) is 17.7 Å². The van der Waals surface area contributed by atoms with Crippen molar-refractivity contribution in [2.24, 2.45) is 5.92 Å². The van der Waals surface area contributed by atoms with Crippen LogP contribution in [-0.4, -0.2) is 33.2 Å². The zero-order valence-electron chi connectivity index (χ0n) is 13.3. The van der Waals surface area contributed by atoms with Gasteiger partial charge in [-0.2, -0.15) is 4.98 Å². The third-order valence-electron chi connectivity index (χ3n) is 3.93. The number of oxazole rings is 1. The number of carbonyl (C=O) groups excluding carboxylic acids is 2. The van der Waals surface area contributed by atoms with Crippen molar-refractivity contribution in [3.05, 3.63) is 47.7 Å². The van der Waals surface area contributed by atoms with Crippen LogP contribution in [0.25, 0.3) is 22.7 Å². The maximum absolute atomic E-state index is 12.5. The van der Waals surface area contributed by atoms with Crippen molar-refractivity contribution in [3.8, 4) is 11.5 Å². The molecular weight excluding hydrogens is 306 g/mol. The van der Waals surface area contributed by atoms with Gasteiger partial charge >= 0.3 is 0 Å². The summed E-state index contributed by atoms with van der Waals surface area (Å²) in [6.45, 7) is 4.36. The van der Waals surface area contributed by atoms with Crippen molar-refractivity contribution in [1.29, 1.82) is 0 Å². The van der Waals surface area contributed by atoms with E-state index in [1.807, 2.05) is 13.8 Å². The van der Waals surface area contributed by atoms with Crippen molar-refractivity contribution in [2.75, 3.05) is 6.54 Å². The summed E-state index contributed by atoms with van der Waals surface area (Å²) >= 11 is 0. The third kappa shape index (κ3) is 2.19. The molecule has 4 rings (SSSR count). The van der Waals surface area contributed by atoms with Gasteiger partial charge in [-0.1, -0.05) is 13.8 Å². The standard InChI is InChI=1S/C18H15N3O3/c1-10(2)9-21-17(22)12-6-5-11(8-13(12)18(21)23)16-20-15-14(24-16)4-3-7-19-15/h3-8,10H,9H2,1-2H3. The highest BCUT2D eigenvalue weighted by Gasteiger charge is 2.36. The molecule has 120 valence electrons. The molecule has 0 aliphatic carbocycles.